The highest BCUT2D eigenvalue weighted by atomic mass is 32.1. The molecule has 2 aromatic rings. The third kappa shape index (κ3) is 4.37. The molecule has 1 aromatic heterocycles. The lowest BCUT2D eigenvalue weighted by atomic mass is 10.2. The zero-order chi connectivity index (χ0) is 17.6. The van der Waals surface area contributed by atoms with Crippen molar-refractivity contribution in [2.24, 2.45) is 0 Å². The van der Waals surface area contributed by atoms with Gasteiger partial charge in [-0.15, -0.1) is 11.3 Å². The van der Waals surface area contributed by atoms with Gasteiger partial charge in [0.1, 0.15) is 5.00 Å². The van der Waals surface area contributed by atoms with Crippen LogP contribution in [0.3, 0.4) is 0 Å². The molecule has 1 aliphatic rings. The van der Waals surface area contributed by atoms with Gasteiger partial charge in [0.05, 0.1) is 19.2 Å². The topological polar surface area (TPSA) is 61.9 Å². The Morgan fingerprint density at radius 3 is 2.52 bits per heavy atom. The second-order valence-electron chi connectivity index (χ2n) is 5.80. The summed E-state index contributed by atoms with van der Waals surface area (Å²) in [5.74, 6) is -0.547. The minimum atomic E-state index is -0.437. The summed E-state index contributed by atoms with van der Waals surface area (Å²) in [4.78, 5) is 28.4. The number of para-hydroxylation sites is 1. The van der Waals surface area contributed by atoms with Crippen molar-refractivity contribution in [3.63, 3.8) is 0 Å². The lowest BCUT2D eigenvalue weighted by molar-refractivity contribution is -0.117. The molecule has 0 bridgehead atoms. The lowest BCUT2D eigenvalue weighted by Crippen LogP contribution is -2.48. The molecule has 7 heteroatoms. The van der Waals surface area contributed by atoms with Crippen LogP contribution in [0, 0.1) is 0 Å². The Morgan fingerprint density at radius 1 is 1.12 bits per heavy atom. The molecule has 0 atom stereocenters. The molecule has 1 aromatic carbocycles. The minimum absolute atomic E-state index is 0.110. The van der Waals surface area contributed by atoms with E-state index in [1.165, 1.54) is 24.1 Å². The molecule has 1 N–H and O–H groups in total. The van der Waals surface area contributed by atoms with Gasteiger partial charge in [-0.3, -0.25) is 9.69 Å². The molecule has 3 rings (SSSR count). The maximum absolute atomic E-state index is 12.3. The van der Waals surface area contributed by atoms with Crippen molar-refractivity contribution in [2.45, 2.75) is 0 Å². The molecule has 0 unspecified atom stereocenters. The number of hydrogen-bond donors (Lipinski definition) is 1. The molecular weight excluding hydrogens is 338 g/mol. The molecule has 1 saturated heterocycles. The first-order valence-electron chi connectivity index (χ1n) is 8.15. The van der Waals surface area contributed by atoms with Gasteiger partial charge in [0.2, 0.25) is 5.91 Å². The van der Waals surface area contributed by atoms with Gasteiger partial charge in [-0.2, -0.15) is 0 Å². The standard InChI is InChI=1S/C18H21N3O3S/c1-24-18(23)15-7-12-25-17(15)19-16(22)13-20-8-10-21(11-9-20)14-5-3-2-4-6-14/h2-7,12H,8-11,13H2,1H3,(H,19,22). The van der Waals surface area contributed by atoms with Crippen LogP contribution in [-0.2, 0) is 9.53 Å². The van der Waals surface area contributed by atoms with Crippen molar-refractivity contribution < 1.29 is 14.3 Å². The largest absolute Gasteiger partial charge is 0.465 e. The van der Waals surface area contributed by atoms with Gasteiger partial charge < -0.3 is 15.0 Å². The van der Waals surface area contributed by atoms with Crippen LogP contribution in [0.4, 0.5) is 10.7 Å². The number of nitrogens with one attached hydrogen (secondary N) is 1. The summed E-state index contributed by atoms with van der Waals surface area (Å²) in [6.07, 6.45) is 0. The molecule has 1 amide bonds. The van der Waals surface area contributed by atoms with Crippen molar-refractivity contribution >= 4 is 33.9 Å². The summed E-state index contributed by atoms with van der Waals surface area (Å²) < 4.78 is 4.72. The summed E-state index contributed by atoms with van der Waals surface area (Å²) in [5, 5.41) is 5.13. The predicted molar refractivity (Wildman–Crippen MR) is 99.4 cm³/mol. The van der Waals surface area contributed by atoms with Crippen molar-refractivity contribution in [3.8, 4) is 0 Å². The van der Waals surface area contributed by atoms with Crippen LogP contribution in [0.2, 0.25) is 0 Å². The van der Waals surface area contributed by atoms with E-state index in [9.17, 15) is 9.59 Å². The second kappa shape index (κ2) is 8.13. The van der Waals surface area contributed by atoms with Gasteiger partial charge >= 0.3 is 5.97 Å². The molecule has 0 spiro atoms. The number of piperazine rings is 1. The number of nitrogens with zero attached hydrogens (tertiary/aromatic N) is 2. The fourth-order valence-electron chi connectivity index (χ4n) is 2.85. The Morgan fingerprint density at radius 2 is 1.84 bits per heavy atom. The highest BCUT2D eigenvalue weighted by Gasteiger charge is 2.21. The Labute approximate surface area is 151 Å². The van der Waals surface area contributed by atoms with Crippen LogP contribution in [0.1, 0.15) is 10.4 Å². The van der Waals surface area contributed by atoms with Gasteiger partial charge in [0.25, 0.3) is 0 Å². The molecule has 0 radical (unpaired) electrons. The Kier molecular flexibility index (Phi) is 5.67. The van der Waals surface area contributed by atoms with E-state index in [2.05, 4.69) is 27.2 Å². The van der Waals surface area contributed by atoms with Gasteiger partial charge in [-0.25, -0.2) is 4.79 Å². The average Bonchev–Trinajstić information content (AvgIpc) is 3.10. The number of carbonyl (C=O) groups excluding carboxylic acids is 2. The van der Waals surface area contributed by atoms with Gasteiger partial charge in [-0.05, 0) is 23.6 Å². The number of amides is 1. The Bertz CT molecular complexity index is 724. The summed E-state index contributed by atoms with van der Waals surface area (Å²) in [5.41, 5.74) is 1.61. The Balaban J connectivity index is 1.50. The predicted octanol–water partition coefficient (Wildman–Crippen LogP) is 2.30. The number of benzene rings is 1. The molecule has 2 heterocycles. The number of hydrogen-bond acceptors (Lipinski definition) is 6. The molecule has 0 saturated carbocycles. The molecule has 1 fully saturated rings. The molecule has 25 heavy (non-hydrogen) atoms. The number of anilines is 2. The van der Waals surface area contributed by atoms with Crippen molar-refractivity contribution in [1.29, 1.82) is 0 Å². The third-order valence-electron chi connectivity index (χ3n) is 4.18. The first-order chi connectivity index (χ1) is 12.2. The van der Waals surface area contributed by atoms with E-state index < -0.39 is 5.97 Å². The quantitative estimate of drug-likeness (QED) is 0.830. The van der Waals surface area contributed by atoms with E-state index in [4.69, 9.17) is 4.74 Å². The molecule has 132 valence electrons. The summed E-state index contributed by atoms with van der Waals surface area (Å²) in [6.45, 7) is 3.77. The fourth-order valence-corrected chi connectivity index (χ4v) is 3.64. The van der Waals surface area contributed by atoms with Crippen LogP contribution < -0.4 is 10.2 Å². The van der Waals surface area contributed by atoms with Crippen LogP contribution in [0.5, 0.6) is 0 Å². The number of ether oxygens (including phenoxy) is 1. The van der Waals surface area contributed by atoms with E-state index >= 15 is 0 Å². The molecule has 6 nitrogen and oxygen atoms in total. The van der Waals surface area contributed by atoms with Crippen LogP contribution in [-0.4, -0.2) is 56.6 Å². The monoisotopic (exact) mass is 359 g/mol. The minimum Gasteiger partial charge on any atom is -0.465 e. The maximum atomic E-state index is 12.3. The van der Waals surface area contributed by atoms with E-state index in [1.807, 2.05) is 18.2 Å². The van der Waals surface area contributed by atoms with E-state index in [-0.39, 0.29) is 5.91 Å². The first-order valence-corrected chi connectivity index (χ1v) is 9.03. The smallest absolute Gasteiger partial charge is 0.340 e. The van der Waals surface area contributed by atoms with Gasteiger partial charge in [0.15, 0.2) is 0 Å². The van der Waals surface area contributed by atoms with Gasteiger partial charge in [0, 0.05) is 31.9 Å². The van der Waals surface area contributed by atoms with Crippen molar-refractivity contribution in [3.05, 3.63) is 47.3 Å². The number of esters is 1. The van der Waals surface area contributed by atoms with Crippen LogP contribution >= 0.6 is 11.3 Å². The molecule has 1 aliphatic heterocycles. The normalized spacial score (nSPS) is 15.0. The maximum Gasteiger partial charge on any atom is 0.340 e. The second-order valence-corrected chi connectivity index (χ2v) is 6.72. The van der Waals surface area contributed by atoms with Crippen molar-refractivity contribution in [2.75, 3.05) is 50.1 Å². The highest BCUT2D eigenvalue weighted by molar-refractivity contribution is 7.14. The van der Waals surface area contributed by atoms with Crippen molar-refractivity contribution in [1.82, 2.24) is 4.90 Å². The lowest BCUT2D eigenvalue weighted by Gasteiger charge is -2.35. The average molecular weight is 359 g/mol. The number of methoxy groups -OCH3 is 1. The highest BCUT2D eigenvalue weighted by Crippen LogP contribution is 2.24. The van der Waals surface area contributed by atoms with E-state index in [0.717, 1.165) is 26.2 Å². The van der Waals surface area contributed by atoms with E-state index in [1.54, 1.807) is 11.4 Å². The van der Waals surface area contributed by atoms with E-state index in [0.29, 0.717) is 17.1 Å². The van der Waals surface area contributed by atoms with Crippen LogP contribution in [0.15, 0.2) is 41.8 Å². The zero-order valence-corrected chi connectivity index (χ0v) is 14.9. The molecule has 0 aliphatic carbocycles. The Hall–Kier alpha value is -2.38. The first kappa shape index (κ1) is 17.4. The van der Waals surface area contributed by atoms with Crippen LogP contribution in [0.25, 0.3) is 0 Å². The fraction of sp³-hybridized carbons (Fsp3) is 0.333. The summed E-state index contributed by atoms with van der Waals surface area (Å²) >= 11 is 1.32. The number of rotatable bonds is 5. The number of thiophene rings is 1. The summed E-state index contributed by atoms with van der Waals surface area (Å²) in [6, 6.07) is 12.0. The summed E-state index contributed by atoms with van der Waals surface area (Å²) in [7, 11) is 1.33. The SMILES string of the molecule is COC(=O)c1ccsc1NC(=O)CN1CCN(c2ccccc2)CC1. The zero-order valence-electron chi connectivity index (χ0n) is 14.1. The van der Waals surface area contributed by atoms with Gasteiger partial charge in [-0.1, -0.05) is 18.2 Å². The third-order valence-corrected chi connectivity index (χ3v) is 5.01. The number of carbonyl (C=O) groups is 2. The molecular formula is C18H21N3O3S.